The van der Waals surface area contributed by atoms with Gasteiger partial charge >= 0.3 is 6.09 Å². The van der Waals surface area contributed by atoms with Crippen LogP contribution in [-0.4, -0.2) is 63.0 Å². The SMILES string of the molecule is C[Si](C)(C)CCOCn1c(C2CCCC2)cc2c(N[C@H]3CC[C@H](NC(=O)O)CC3)c(C(=O)NCc3ccc(-n4ccnc4)cc3)cnc21. The number of pyridine rings is 1. The van der Waals surface area contributed by atoms with Gasteiger partial charge in [-0.05, 0) is 74.2 Å². The summed E-state index contributed by atoms with van der Waals surface area (Å²) in [6.45, 7) is 8.63. The maximum Gasteiger partial charge on any atom is 0.404 e. The number of carbonyl (C=O) groups is 2. The van der Waals surface area contributed by atoms with Gasteiger partial charge in [-0.15, -0.1) is 0 Å². The van der Waals surface area contributed by atoms with Crippen LogP contribution in [-0.2, 0) is 18.0 Å². The highest BCUT2D eigenvalue weighted by atomic mass is 28.3. The molecule has 0 unspecified atom stereocenters. The van der Waals surface area contributed by atoms with Gasteiger partial charge in [-0.2, -0.15) is 0 Å². The normalized spacial score (nSPS) is 18.6. The molecular formula is C36H49N7O4Si. The van der Waals surface area contributed by atoms with Crippen LogP contribution in [0.1, 0.15) is 78.9 Å². The smallest absolute Gasteiger partial charge is 0.404 e. The molecule has 0 atom stereocenters. The lowest BCUT2D eigenvalue weighted by Gasteiger charge is -2.30. The number of fused-ring (bicyclic) bond motifs is 1. The first-order chi connectivity index (χ1) is 23.1. The maximum absolute atomic E-state index is 13.9. The molecule has 2 aliphatic carbocycles. The maximum atomic E-state index is 13.9. The van der Waals surface area contributed by atoms with E-state index in [0.717, 1.165) is 79.1 Å². The second kappa shape index (κ2) is 14.9. The molecule has 4 N–H and O–H groups in total. The number of nitrogens with one attached hydrogen (secondary N) is 3. The molecule has 2 amide bonds. The quantitative estimate of drug-likeness (QED) is 0.0879. The summed E-state index contributed by atoms with van der Waals surface area (Å²) in [6, 6.07) is 11.4. The van der Waals surface area contributed by atoms with E-state index in [-0.39, 0.29) is 18.0 Å². The Morgan fingerprint density at radius 3 is 2.42 bits per heavy atom. The molecule has 1 aromatic carbocycles. The average Bonchev–Trinajstić information content (AvgIpc) is 3.85. The fourth-order valence-electron chi connectivity index (χ4n) is 7.01. The molecule has 0 spiro atoms. The Morgan fingerprint density at radius 2 is 1.75 bits per heavy atom. The second-order valence-corrected chi connectivity index (χ2v) is 20.2. The minimum absolute atomic E-state index is 0.0516. The molecule has 48 heavy (non-hydrogen) atoms. The molecule has 256 valence electrons. The molecule has 3 aromatic heterocycles. The third kappa shape index (κ3) is 8.27. The van der Waals surface area contributed by atoms with Crippen LogP contribution in [0.25, 0.3) is 16.7 Å². The number of hydrogen-bond acceptors (Lipinski definition) is 6. The lowest BCUT2D eigenvalue weighted by Crippen LogP contribution is -2.39. The first-order valence-corrected chi connectivity index (χ1v) is 21.1. The molecule has 3 heterocycles. The molecule has 6 rings (SSSR count). The minimum Gasteiger partial charge on any atom is -0.465 e. The number of ether oxygens (including phenoxy) is 1. The van der Waals surface area contributed by atoms with Crippen molar-refractivity contribution in [2.75, 3.05) is 11.9 Å². The third-order valence-corrected chi connectivity index (χ3v) is 11.5. The molecule has 2 fully saturated rings. The molecule has 12 heteroatoms. The summed E-state index contributed by atoms with van der Waals surface area (Å²) < 4.78 is 10.5. The molecule has 2 aliphatic rings. The Bertz CT molecular complexity index is 1680. The van der Waals surface area contributed by atoms with Crippen molar-refractivity contribution in [2.24, 2.45) is 0 Å². The average molecular weight is 672 g/mol. The van der Waals surface area contributed by atoms with Crippen LogP contribution < -0.4 is 16.0 Å². The predicted molar refractivity (Wildman–Crippen MR) is 191 cm³/mol. The van der Waals surface area contributed by atoms with E-state index >= 15 is 0 Å². The molecule has 4 aromatic rings. The van der Waals surface area contributed by atoms with Gasteiger partial charge in [-0.3, -0.25) is 4.79 Å². The molecule has 11 nitrogen and oxygen atoms in total. The Balaban J connectivity index is 1.28. The van der Waals surface area contributed by atoms with Gasteiger partial charge in [0.05, 0.1) is 17.6 Å². The molecule has 0 saturated heterocycles. The van der Waals surface area contributed by atoms with Gasteiger partial charge in [0.2, 0.25) is 0 Å². The van der Waals surface area contributed by atoms with Crippen molar-refractivity contribution in [3.63, 3.8) is 0 Å². The fraction of sp³-hybridized carbons (Fsp3) is 0.500. The van der Waals surface area contributed by atoms with E-state index in [9.17, 15) is 14.7 Å². The van der Waals surface area contributed by atoms with E-state index in [1.54, 1.807) is 18.7 Å². The van der Waals surface area contributed by atoms with Crippen LogP contribution in [0.3, 0.4) is 0 Å². The lowest BCUT2D eigenvalue weighted by atomic mass is 9.90. The van der Waals surface area contributed by atoms with Crippen LogP contribution in [0.2, 0.25) is 25.7 Å². The summed E-state index contributed by atoms with van der Waals surface area (Å²) in [6.07, 6.45) is 13.9. The monoisotopic (exact) mass is 671 g/mol. The van der Waals surface area contributed by atoms with E-state index in [1.165, 1.54) is 18.5 Å². The van der Waals surface area contributed by atoms with Crippen molar-refractivity contribution in [1.82, 2.24) is 29.7 Å². The number of benzene rings is 1. The standard InChI is InChI=1S/C36H49N7O4Si/c1-48(2,3)19-18-47-24-43-32(26-6-4-5-7-26)20-30-33(40-27-10-12-28(13-11-27)41-36(45)46)31(22-38-34(30)43)35(44)39-21-25-8-14-29(15-9-25)42-17-16-37-23-42/h8-9,14-17,20,22-23,26-28,41H,4-7,10-13,18-19,21,24H2,1-3H3,(H,38,40)(H,39,44)(H,45,46)/t27-,28-. The van der Waals surface area contributed by atoms with Crippen LogP contribution in [0.4, 0.5) is 10.5 Å². The summed E-state index contributed by atoms with van der Waals surface area (Å²) in [5.74, 6) is 0.251. The lowest BCUT2D eigenvalue weighted by molar-refractivity contribution is 0.0873. The van der Waals surface area contributed by atoms with E-state index in [2.05, 4.69) is 51.2 Å². The number of carbonyl (C=O) groups excluding carboxylic acids is 1. The highest BCUT2D eigenvalue weighted by molar-refractivity contribution is 6.76. The molecule has 0 radical (unpaired) electrons. The largest absolute Gasteiger partial charge is 0.465 e. The number of amides is 2. The summed E-state index contributed by atoms with van der Waals surface area (Å²) in [4.78, 5) is 34.2. The summed E-state index contributed by atoms with van der Waals surface area (Å²) in [7, 11) is -1.23. The predicted octanol–water partition coefficient (Wildman–Crippen LogP) is 7.11. The highest BCUT2D eigenvalue weighted by Gasteiger charge is 2.28. The summed E-state index contributed by atoms with van der Waals surface area (Å²) >= 11 is 0. The van der Waals surface area contributed by atoms with E-state index in [1.807, 2.05) is 35.0 Å². The van der Waals surface area contributed by atoms with Crippen molar-refractivity contribution in [1.29, 1.82) is 0 Å². The van der Waals surface area contributed by atoms with Crippen LogP contribution in [0.15, 0.2) is 55.2 Å². The summed E-state index contributed by atoms with van der Waals surface area (Å²) in [5.41, 5.74) is 5.37. The van der Waals surface area contributed by atoms with Gasteiger partial charge in [0.15, 0.2) is 0 Å². The van der Waals surface area contributed by atoms with Gasteiger partial charge in [-0.1, -0.05) is 44.6 Å². The Kier molecular flexibility index (Phi) is 10.5. The zero-order chi connectivity index (χ0) is 33.7. The number of imidazole rings is 1. The van der Waals surface area contributed by atoms with E-state index in [4.69, 9.17) is 9.72 Å². The van der Waals surface area contributed by atoms with Crippen molar-refractivity contribution in [3.8, 4) is 5.69 Å². The molecule has 0 bridgehead atoms. The van der Waals surface area contributed by atoms with Crippen LogP contribution in [0.5, 0.6) is 0 Å². The number of hydrogen-bond donors (Lipinski definition) is 4. The fourth-order valence-corrected chi connectivity index (χ4v) is 7.77. The van der Waals surface area contributed by atoms with E-state index < -0.39 is 14.2 Å². The topological polar surface area (TPSA) is 135 Å². The Hall–Kier alpha value is -4.16. The van der Waals surface area contributed by atoms with Gasteiger partial charge in [-0.25, -0.2) is 14.8 Å². The zero-order valence-corrected chi connectivity index (χ0v) is 29.4. The van der Waals surface area contributed by atoms with Crippen molar-refractivity contribution >= 4 is 36.8 Å². The molecular weight excluding hydrogens is 623 g/mol. The summed E-state index contributed by atoms with van der Waals surface area (Å²) in [5, 5.41) is 19.7. The Labute approximate surface area is 283 Å². The van der Waals surface area contributed by atoms with Crippen molar-refractivity contribution in [3.05, 3.63) is 72.1 Å². The highest BCUT2D eigenvalue weighted by Crippen LogP contribution is 2.39. The van der Waals surface area contributed by atoms with Gasteiger partial charge < -0.3 is 34.9 Å². The Morgan fingerprint density at radius 1 is 1.02 bits per heavy atom. The first-order valence-electron chi connectivity index (χ1n) is 17.4. The number of nitrogens with zero attached hydrogens (tertiary/aromatic N) is 4. The van der Waals surface area contributed by atoms with Gasteiger partial charge in [0, 0.05) is 68.7 Å². The second-order valence-electron chi connectivity index (χ2n) is 14.6. The number of rotatable bonds is 13. The molecule has 2 saturated carbocycles. The number of carboxylic acid groups (broad SMARTS) is 1. The third-order valence-electron chi connectivity index (χ3n) is 9.79. The minimum atomic E-state index is -1.23. The van der Waals surface area contributed by atoms with Crippen molar-refractivity contribution in [2.45, 2.75) is 108 Å². The van der Waals surface area contributed by atoms with Crippen LogP contribution in [0, 0.1) is 0 Å². The zero-order valence-electron chi connectivity index (χ0n) is 28.4. The van der Waals surface area contributed by atoms with E-state index in [0.29, 0.717) is 24.8 Å². The first kappa shape index (κ1) is 33.7. The van der Waals surface area contributed by atoms with Gasteiger partial charge in [0.1, 0.15) is 12.4 Å². The molecule has 0 aliphatic heterocycles. The van der Waals surface area contributed by atoms with Crippen LogP contribution >= 0.6 is 0 Å². The number of aromatic nitrogens is 4. The van der Waals surface area contributed by atoms with Crippen molar-refractivity contribution < 1.29 is 19.4 Å². The number of anilines is 1. The van der Waals surface area contributed by atoms with Gasteiger partial charge in [0.25, 0.3) is 5.91 Å².